The third-order valence-electron chi connectivity index (χ3n) is 3.92. The molecular weight excluding hydrogens is 338 g/mol. The van der Waals surface area contributed by atoms with Gasteiger partial charge in [-0.3, -0.25) is 14.6 Å². The van der Waals surface area contributed by atoms with Crippen LogP contribution in [0.4, 0.5) is 5.69 Å². The van der Waals surface area contributed by atoms with E-state index >= 15 is 0 Å². The summed E-state index contributed by atoms with van der Waals surface area (Å²) in [6.45, 7) is 3.46. The molecule has 3 aromatic rings. The molecule has 126 valence electrons. The van der Waals surface area contributed by atoms with E-state index in [4.69, 9.17) is 6.42 Å². The lowest BCUT2D eigenvalue weighted by Crippen LogP contribution is -2.34. The Labute approximate surface area is 147 Å². The number of H-pyrrole nitrogens is 1. The Kier molecular flexibility index (Phi) is 4.30. The van der Waals surface area contributed by atoms with E-state index in [-0.39, 0.29) is 12.5 Å². The number of benzene rings is 1. The number of hydrogen-bond donors (Lipinski definition) is 2. The molecule has 0 saturated carbocycles. The summed E-state index contributed by atoms with van der Waals surface area (Å²) in [5.41, 5.74) is 1.09. The summed E-state index contributed by atoms with van der Waals surface area (Å²) in [7, 11) is 0. The summed E-state index contributed by atoms with van der Waals surface area (Å²) in [6, 6.07) is 7.41. The first kappa shape index (κ1) is 16.7. The minimum absolute atomic E-state index is 0.121. The number of carbonyl (C=O) groups excluding carboxylic acids is 1. The van der Waals surface area contributed by atoms with Gasteiger partial charge in [-0.15, -0.1) is 17.8 Å². The zero-order valence-corrected chi connectivity index (χ0v) is 14.5. The molecule has 0 bridgehead atoms. The number of carbonyl (C=O) groups is 1. The number of rotatable bonds is 3. The third-order valence-corrected chi connectivity index (χ3v) is 5.13. The van der Waals surface area contributed by atoms with Gasteiger partial charge in [0.1, 0.15) is 4.83 Å². The standard InChI is InChI=1S/C18H15N3O3S/c1-4-9-21-17(23)13-11(3)14(25-16(13)20-18(21)24)15(22)19-12-8-6-5-7-10(12)2/h1,5-8H,9H2,2-3H3,(H,19,22)(H,20,24). The number of terminal acetylenes is 1. The van der Waals surface area contributed by atoms with Crippen LogP contribution < -0.4 is 16.6 Å². The molecule has 0 aliphatic rings. The molecule has 3 rings (SSSR count). The summed E-state index contributed by atoms with van der Waals surface area (Å²) < 4.78 is 0.949. The Balaban J connectivity index is 2.11. The van der Waals surface area contributed by atoms with Crippen molar-refractivity contribution >= 4 is 33.1 Å². The lowest BCUT2D eigenvalue weighted by atomic mass is 10.2. The van der Waals surface area contributed by atoms with Crippen molar-refractivity contribution in [2.24, 2.45) is 0 Å². The number of thiophene rings is 1. The number of hydrogen-bond acceptors (Lipinski definition) is 4. The second-order valence-electron chi connectivity index (χ2n) is 5.55. The topological polar surface area (TPSA) is 84.0 Å². The van der Waals surface area contributed by atoms with Crippen molar-refractivity contribution in [3.63, 3.8) is 0 Å². The van der Waals surface area contributed by atoms with Crippen LogP contribution in [0.2, 0.25) is 0 Å². The first-order valence-electron chi connectivity index (χ1n) is 7.50. The molecule has 2 heterocycles. The van der Waals surface area contributed by atoms with Gasteiger partial charge in [0, 0.05) is 5.69 Å². The van der Waals surface area contributed by atoms with Gasteiger partial charge < -0.3 is 5.32 Å². The number of fused-ring (bicyclic) bond motifs is 1. The van der Waals surface area contributed by atoms with Crippen LogP contribution in [0.25, 0.3) is 10.2 Å². The largest absolute Gasteiger partial charge is 0.330 e. The highest BCUT2D eigenvalue weighted by Crippen LogP contribution is 2.27. The van der Waals surface area contributed by atoms with E-state index in [1.807, 2.05) is 25.1 Å². The van der Waals surface area contributed by atoms with E-state index < -0.39 is 11.2 Å². The van der Waals surface area contributed by atoms with Crippen LogP contribution in [0.1, 0.15) is 20.8 Å². The van der Waals surface area contributed by atoms with Gasteiger partial charge in [0.15, 0.2) is 0 Å². The van der Waals surface area contributed by atoms with Gasteiger partial charge in [0.2, 0.25) is 0 Å². The zero-order chi connectivity index (χ0) is 18.1. The predicted molar refractivity (Wildman–Crippen MR) is 99.4 cm³/mol. The summed E-state index contributed by atoms with van der Waals surface area (Å²) in [5.74, 6) is 1.96. The first-order valence-corrected chi connectivity index (χ1v) is 8.32. The number of amides is 1. The highest BCUT2D eigenvalue weighted by Gasteiger charge is 2.20. The molecular formula is C18H15N3O3S. The highest BCUT2D eigenvalue weighted by atomic mass is 32.1. The predicted octanol–water partition coefficient (Wildman–Crippen LogP) is 2.25. The molecule has 2 aromatic heterocycles. The monoisotopic (exact) mass is 353 g/mol. The van der Waals surface area contributed by atoms with Crippen LogP contribution in [0.15, 0.2) is 33.9 Å². The van der Waals surface area contributed by atoms with Crippen molar-refractivity contribution in [2.45, 2.75) is 20.4 Å². The SMILES string of the molecule is C#CCn1c(=O)[nH]c2sc(C(=O)Nc3ccccc3C)c(C)c2c1=O. The minimum Gasteiger partial charge on any atom is -0.321 e. The zero-order valence-electron chi connectivity index (χ0n) is 13.7. The van der Waals surface area contributed by atoms with Crippen LogP contribution in [0, 0.1) is 26.2 Å². The maximum Gasteiger partial charge on any atom is 0.330 e. The lowest BCUT2D eigenvalue weighted by Gasteiger charge is -2.07. The third kappa shape index (κ3) is 2.88. The normalized spacial score (nSPS) is 10.6. The number of aryl methyl sites for hydroxylation is 2. The van der Waals surface area contributed by atoms with E-state index in [1.54, 1.807) is 13.0 Å². The number of anilines is 1. The van der Waals surface area contributed by atoms with E-state index in [2.05, 4.69) is 16.2 Å². The van der Waals surface area contributed by atoms with Crippen LogP contribution >= 0.6 is 11.3 Å². The fraction of sp³-hybridized carbons (Fsp3) is 0.167. The van der Waals surface area contributed by atoms with Gasteiger partial charge in [0.05, 0.1) is 16.8 Å². The molecule has 0 unspecified atom stereocenters. The fourth-order valence-corrected chi connectivity index (χ4v) is 3.68. The molecule has 0 saturated heterocycles. The Morgan fingerprint density at radius 3 is 2.72 bits per heavy atom. The van der Waals surface area contributed by atoms with Gasteiger partial charge in [-0.2, -0.15) is 0 Å². The van der Waals surface area contributed by atoms with Crippen LogP contribution in [-0.2, 0) is 6.54 Å². The quantitative estimate of drug-likeness (QED) is 0.709. The van der Waals surface area contributed by atoms with Crippen molar-refractivity contribution in [3.05, 3.63) is 61.1 Å². The number of para-hydroxylation sites is 1. The van der Waals surface area contributed by atoms with Crippen LogP contribution in [0.5, 0.6) is 0 Å². The molecule has 2 N–H and O–H groups in total. The molecule has 1 amide bonds. The molecule has 0 fully saturated rings. The number of aromatic nitrogens is 2. The molecule has 7 heteroatoms. The van der Waals surface area contributed by atoms with Crippen molar-refractivity contribution in [1.29, 1.82) is 0 Å². The first-order chi connectivity index (χ1) is 11.9. The van der Waals surface area contributed by atoms with E-state index in [0.29, 0.717) is 26.3 Å². The smallest absolute Gasteiger partial charge is 0.321 e. The molecule has 0 radical (unpaired) electrons. The minimum atomic E-state index is -0.581. The average molecular weight is 353 g/mol. The Bertz CT molecular complexity index is 1150. The second kappa shape index (κ2) is 6.42. The molecule has 25 heavy (non-hydrogen) atoms. The number of nitrogens with one attached hydrogen (secondary N) is 2. The van der Waals surface area contributed by atoms with Gasteiger partial charge in [0.25, 0.3) is 11.5 Å². The number of aromatic amines is 1. The molecule has 0 aliphatic heterocycles. The van der Waals surface area contributed by atoms with Crippen molar-refractivity contribution in [1.82, 2.24) is 9.55 Å². The Morgan fingerprint density at radius 2 is 2.04 bits per heavy atom. The van der Waals surface area contributed by atoms with E-state index in [1.165, 1.54) is 0 Å². The summed E-state index contributed by atoms with van der Waals surface area (Å²) >= 11 is 1.08. The van der Waals surface area contributed by atoms with E-state index in [0.717, 1.165) is 21.5 Å². The van der Waals surface area contributed by atoms with Crippen molar-refractivity contribution in [2.75, 3.05) is 5.32 Å². The summed E-state index contributed by atoms with van der Waals surface area (Å²) in [6.07, 6.45) is 5.21. The van der Waals surface area contributed by atoms with Gasteiger partial charge in [-0.05, 0) is 31.0 Å². The maximum absolute atomic E-state index is 12.6. The molecule has 0 spiro atoms. The van der Waals surface area contributed by atoms with Crippen molar-refractivity contribution < 1.29 is 4.79 Å². The molecule has 1 aromatic carbocycles. The van der Waals surface area contributed by atoms with E-state index in [9.17, 15) is 14.4 Å². The lowest BCUT2D eigenvalue weighted by molar-refractivity contribution is 0.103. The van der Waals surface area contributed by atoms with Gasteiger partial charge >= 0.3 is 5.69 Å². The number of nitrogens with zero attached hydrogens (tertiary/aromatic N) is 1. The summed E-state index contributed by atoms with van der Waals surface area (Å²) in [5, 5.41) is 3.16. The highest BCUT2D eigenvalue weighted by molar-refractivity contribution is 7.20. The molecule has 6 nitrogen and oxygen atoms in total. The molecule has 0 atom stereocenters. The maximum atomic E-state index is 12.6. The fourth-order valence-electron chi connectivity index (χ4n) is 2.59. The van der Waals surface area contributed by atoms with Crippen molar-refractivity contribution in [3.8, 4) is 12.3 Å². The second-order valence-corrected chi connectivity index (χ2v) is 6.58. The Morgan fingerprint density at radius 1 is 1.32 bits per heavy atom. The van der Waals surface area contributed by atoms with Crippen LogP contribution in [-0.4, -0.2) is 15.5 Å². The molecule has 0 aliphatic carbocycles. The van der Waals surface area contributed by atoms with Crippen LogP contribution in [0.3, 0.4) is 0 Å². The Hall–Kier alpha value is -3.11. The average Bonchev–Trinajstić information content (AvgIpc) is 2.90. The summed E-state index contributed by atoms with van der Waals surface area (Å²) in [4.78, 5) is 40.5. The van der Waals surface area contributed by atoms with Gasteiger partial charge in [-0.25, -0.2) is 9.36 Å². The van der Waals surface area contributed by atoms with Gasteiger partial charge in [-0.1, -0.05) is 24.1 Å².